The summed E-state index contributed by atoms with van der Waals surface area (Å²) in [6.07, 6.45) is -4.19. The van der Waals surface area contributed by atoms with Gasteiger partial charge in [0.05, 0.1) is 0 Å². The van der Waals surface area contributed by atoms with E-state index in [1.165, 1.54) is 0 Å². The number of hydrogen-bond acceptors (Lipinski definition) is 4. The van der Waals surface area contributed by atoms with E-state index < -0.39 is 40.7 Å². The molecule has 0 bridgehead atoms. The zero-order chi connectivity index (χ0) is 13.1. The summed E-state index contributed by atoms with van der Waals surface area (Å²) in [6, 6.07) is 0. The lowest BCUT2D eigenvalue weighted by Gasteiger charge is -2.15. The second-order valence-corrected chi connectivity index (χ2v) is 3.83. The lowest BCUT2D eigenvalue weighted by Crippen LogP contribution is -2.36. The first-order chi connectivity index (χ1) is 6.98. The van der Waals surface area contributed by atoms with Crippen LogP contribution in [-0.4, -0.2) is 38.8 Å². The van der Waals surface area contributed by atoms with Gasteiger partial charge in [-0.3, -0.25) is 0 Å². The highest BCUT2D eigenvalue weighted by molar-refractivity contribution is 7.87. The third-order valence-electron chi connectivity index (χ3n) is 1.16. The van der Waals surface area contributed by atoms with Crippen molar-refractivity contribution in [1.82, 2.24) is 0 Å². The van der Waals surface area contributed by atoms with E-state index in [2.05, 4.69) is 4.74 Å². The molecule has 0 aliphatic carbocycles. The fraction of sp³-hybridized carbons (Fsp3) is 0.800. The van der Waals surface area contributed by atoms with Crippen LogP contribution in [-0.2, 0) is 19.8 Å². The second-order valence-electron chi connectivity index (χ2n) is 2.46. The summed E-state index contributed by atoms with van der Waals surface area (Å²) < 4.78 is 93.8. The van der Waals surface area contributed by atoms with Crippen molar-refractivity contribution >= 4 is 16.2 Å². The molecule has 0 rings (SSSR count). The van der Waals surface area contributed by atoms with Crippen molar-refractivity contribution in [3.8, 4) is 0 Å². The van der Waals surface area contributed by atoms with Crippen LogP contribution in [0.15, 0.2) is 0 Å². The molecule has 1 unspecified atom stereocenters. The molecule has 0 spiro atoms. The van der Waals surface area contributed by atoms with Crippen molar-refractivity contribution in [2.45, 2.75) is 17.9 Å². The SMILES string of the molecule is O=C(OCC(F)(F)C(F)F)C(F)S(=O)(=O)F. The molecule has 0 saturated heterocycles. The van der Waals surface area contributed by atoms with Gasteiger partial charge in [-0.15, -0.1) is 3.89 Å². The van der Waals surface area contributed by atoms with Crippen LogP contribution in [0.2, 0.25) is 0 Å². The Morgan fingerprint density at radius 1 is 1.25 bits per heavy atom. The fourth-order valence-electron chi connectivity index (χ4n) is 0.411. The van der Waals surface area contributed by atoms with Crippen molar-refractivity contribution < 1.29 is 43.8 Å². The van der Waals surface area contributed by atoms with Crippen LogP contribution in [0.1, 0.15) is 0 Å². The average Bonchev–Trinajstić information content (AvgIpc) is 2.11. The molecule has 96 valence electrons. The monoisotopic (exact) mass is 274 g/mol. The van der Waals surface area contributed by atoms with Crippen LogP contribution in [0.5, 0.6) is 0 Å². The topological polar surface area (TPSA) is 60.4 Å². The molecule has 0 aromatic heterocycles. The number of halogens is 6. The summed E-state index contributed by atoms with van der Waals surface area (Å²) in [6.45, 7) is -2.25. The number of alkyl halides is 5. The Morgan fingerprint density at radius 2 is 1.69 bits per heavy atom. The molecule has 0 heterocycles. The standard InChI is InChI=1S/C5H4F6O4S/c6-2(16(11,13)14)3(12)15-1-5(9,10)4(7)8/h2,4H,1H2. The molecule has 0 fully saturated rings. The minimum atomic E-state index is -5.96. The lowest BCUT2D eigenvalue weighted by atomic mass is 10.4. The Balaban J connectivity index is 4.40. The van der Waals surface area contributed by atoms with Gasteiger partial charge in [-0.25, -0.2) is 18.0 Å². The second kappa shape index (κ2) is 4.89. The summed E-state index contributed by atoms with van der Waals surface area (Å²) in [7, 11) is -5.96. The van der Waals surface area contributed by atoms with Gasteiger partial charge < -0.3 is 4.74 Å². The zero-order valence-corrected chi connectivity index (χ0v) is 7.99. The number of ether oxygens (including phenoxy) is 1. The Bertz CT molecular complexity index is 352. The fourth-order valence-corrected chi connectivity index (χ4v) is 0.709. The van der Waals surface area contributed by atoms with Crippen molar-refractivity contribution in [3.63, 3.8) is 0 Å². The molecule has 0 aliphatic heterocycles. The first-order valence-electron chi connectivity index (χ1n) is 3.38. The van der Waals surface area contributed by atoms with Crippen molar-refractivity contribution in [2.75, 3.05) is 6.61 Å². The van der Waals surface area contributed by atoms with Crippen LogP contribution < -0.4 is 0 Å². The lowest BCUT2D eigenvalue weighted by molar-refractivity contribution is -0.181. The van der Waals surface area contributed by atoms with Crippen LogP contribution in [0.3, 0.4) is 0 Å². The highest BCUT2D eigenvalue weighted by Gasteiger charge is 2.44. The summed E-state index contributed by atoms with van der Waals surface area (Å²) in [5.41, 5.74) is -3.83. The number of carbonyl (C=O) groups is 1. The summed E-state index contributed by atoms with van der Waals surface area (Å²) in [4.78, 5) is 10.3. The maximum absolute atomic E-state index is 12.2. The maximum atomic E-state index is 12.2. The van der Waals surface area contributed by atoms with Gasteiger partial charge in [-0.2, -0.15) is 17.2 Å². The van der Waals surface area contributed by atoms with Crippen LogP contribution in [0.25, 0.3) is 0 Å². The largest absolute Gasteiger partial charge is 0.456 e. The normalized spacial score (nSPS) is 14.9. The van der Waals surface area contributed by atoms with Gasteiger partial charge in [0.2, 0.25) is 0 Å². The predicted molar refractivity (Wildman–Crippen MR) is 36.8 cm³/mol. The number of esters is 1. The smallest absolute Gasteiger partial charge is 0.359 e. The molecule has 11 heteroatoms. The zero-order valence-electron chi connectivity index (χ0n) is 7.17. The minimum Gasteiger partial charge on any atom is -0.456 e. The van der Waals surface area contributed by atoms with E-state index in [1.807, 2.05) is 0 Å². The molecule has 0 aromatic carbocycles. The summed E-state index contributed by atoms with van der Waals surface area (Å²) in [5.74, 6) is -7.29. The van der Waals surface area contributed by atoms with Gasteiger partial charge in [0, 0.05) is 0 Å². The Hall–Kier alpha value is -1.00. The van der Waals surface area contributed by atoms with E-state index in [9.17, 15) is 39.1 Å². The third kappa shape index (κ3) is 4.24. The predicted octanol–water partition coefficient (Wildman–Crippen LogP) is 1.02. The first-order valence-corrected chi connectivity index (χ1v) is 4.83. The molecule has 0 aliphatic rings. The molecule has 0 saturated carbocycles. The quantitative estimate of drug-likeness (QED) is 0.426. The van der Waals surface area contributed by atoms with Gasteiger partial charge in [-0.05, 0) is 0 Å². The summed E-state index contributed by atoms with van der Waals surface area (Å²) in [5, 5.41) is 0. The number of hydrogen-bond donors (Lipinski definition) is 0. The van der Waals surface area contributed by atoms with Crippen LogP contribution in [0.4, 0.5) is 25.8 Å². The highest BCUT2D eigenvalue weighted by Crippen LogP contribution is 2.23. The minimum absolute atomic E-state index is 2.25. The summed E-state index contributed by atoms with van der Waals surface area (Å²) >= 11 is 0. The molecule has 0 amide bonds. The van der Waals surface area contributed by atoms with Crippen molar-refractivity contribution in [2.24, 2.45) is 0 Å². The molecular formula is C5H4F6O4S. The molecule has 0 aromatic rings. The van der Waals surface area contributed by atoms with Gasteiger partial charge in [0.1, 0.15) is 0 Å². The molecule has 1 atom stereocenters. The third-order valence-corrected chi connectivity index (χ3v) is 1.85. The van der Waals surface area contributed by atoms with Gasteiger partial charge in [0.25, 0.3) is 0 Å². The van der Waals surface area contributed by atoms with Gasteiger partial charge in [-0.1, -0.05) is 0 Å². The van der Waals surface area contributed by atoms with Gasteiger partial charge >= 0.3 is 34.0 Å². The first kappa shape index (κ1) is 15.0. The molecule has 0 N–H and O–H groups in total. The molecule has 16 heavy (non-hydrogen) atoms. The molecule has 0 radical (unpaired) electrons. The maximum Gasteiger partial charge on any atom is 0.359 e. The molecule has 4 nitrogen and oxygen atoms in total. The Kier molecular flexibility index (Phi) is 4.58. The van der Waals surface area contributed by atoms with E-state index in [4.69, 9.17) is 0 Å². The van der Waals surface area contributed by atoms with E-state index in [0.717, 1.165) is 0 Å². The average molecular weight is 274 g/mol. The Morgan fingerprint density at radius 3 is 2.00 bits per heavy atom. The van der Waals surface area contributed by atoms with E-state index in [-0.39, 0.29) is 0 Å². The number of carbonyl (C=O) groups excluding carboxylic acids is 1. The van der Waals surface area contributed by atoms with E-state index in [0.29, 0.717) is 0 Å². The van der Waals surface area contributed by atoms with E-state index in [1.54, 1.807) is 0 Å². The van der Waals surface area contributed by atoms with Crippen molar-refractivity contribution in [3.05, 3.63) is 0 Å². The van der Waals surface area contributed by atoms with Crippen molar-refractivity contribution in [1.29, 1.82) is 0 Å². The Labute approximate surface area is 85.4 Å². The van der Waals surface area contributed by atoms with E-state index >= 15 is 0 Å². The molecular weight excluding hydrogens is 270 g/mol. The highest BCUT2D eigenvalue weighted by atomic mass is 32.3. The number of rotatable bonds is 5. The van der Waals surface area contributed by atoms with Crippen LogP contribution >= 0.6 is 0 Å². The van der Waals surface area contributed by atoms with Gasteiger partial charge in [0.15, 0.2) is 6.61 Å². The van der Waals surface area contributed by atoms with Crippen LogP contribution in [0, 0.1) is 0 Å².